The monoisotopic (exact) mass is 684 g/mol. The molecule has 0 aliphatic heterocycles. The van der Waals surface area contributed by atoms with Crippen LogP contribution in [0.2, 0.25) is 0 Å². The topological polar surface area (TPSA) is 158 Å². The predicted molar refractivity (Wildman–Crippen MR) is 87.5 cm³/mol. The average molecular weight is 684 g/mol. The summed E-state index contributed by atoms with van der Waals surface area (Å²) >= 11 is 0. The summed E-state index contributed by atoms with van der Waals surface area (Å²) in [5.41, 5.74) is 16.0. The van der Waals surface area contributed by atoms with Crippen LogP contribution in [0, 0.1) is 33.8 Å². The van der Waals surface area contributed by atoms with Crippen LogP contribution < -0.4 is 0 Å². The van der Waals surface area contributed by atoms with E-state index >= 15 is 0 Å². The van der Waals surface area contributed by atoms with Crippen LogP contribution in [0.15, 0.2) is 10.2 Å². The normalized spacial score (nSPS) is 12.9. The van der Waals surface area contributed by atoms with Crippen molar-refractivity contribution in [3.05, 3.63) is 48.8 Å². The number of rotatable bonds is 8. The molecule has 24 heavy (non-hydrogen) atoms. The molecule has 0 aromatic rings. The first-order valence-electron chi connectivity index (χ1n) is 6.16. The summed E-state index contributed by atoms with van der Waals surface area (Å²) in [5.74, 6) is 0.390. The van der Waals surface area contributed by atoms with E-state index in [2.05, 4.69) is 33.4 Å². The van der Waals surface area contributed by atoms with Crippen LogP contribution in [-0.2, 0) is 42.1 Å². The molecule has 0 heterocycles. The molecule has 3 unspecified atom stereocenters. The third-order valence-electron chi connectivity index (χ3n) is 2.68. The number of hydrogen-bond donors (Lipinski definition) is 3. The summed E-state index contributed by atoms with van der Waals surface area (Å²) in [6, 6.07) is -0.870. The Morgan fingerprint density at radius 3 is 1.75 bits per heavy atom. The Labute approximate surface area is 174 Å². The maximum Gasteiger partial charge on any atom is 2.00 e. The van der Waals surface area contributed by atoms with Gasteiger partial charge in [0.15, 0.2) is 0 Å². The molecular weight excluding hydrogens is 656 g/mol. The standard InChI is InChI=1S/C7H14N3.C4H8N3O3.2CH3.2W/c1-4-6(3)7(5-2)9-10-8;5-7-6-3(1-8)4(10)2-9;;;;/h4,6-7H,5H2,1-3H3;2-4,8-10H,1H2;2*1H3;;/q4*-1;2*+2/t6-,7?;;;;;/m1...../s1. The van der Waals surface area contributed by atoms with Gasteiger partial charge in [0.2, 0.25) is 0 Å². The molecule has 0 saturated heterocycles. The molecule has 0 aromatic heterocycles. The smallest absolute Gasteiger partial charge is 0.563 e. The van der Waals surface area contributed by atoms with Gasteiger partial charge < -0.3 is 36.6 Å². The molecule has 0 spiro atoms. The third-order valence-corrected chi connectivity index (χ3v) is 2.68. The third kappa shape index (κ3) is 19.9. The minimum absolute atomic E-state index is 0. The zero-order valence-electron chi connectivity index (χ0n) is 14.7. The molecule has 11 heteroatoms. The van der Waals surface area contributed by atoms with Gasteiger partial charge >= 0.3 is 42.1 Å². The van der Waals surface area contributed by atoms with Gasteiger partial charge in [-0.3, -0.25) is 0 Å². The Kier molecular flexibility index (Phi) is 45.1. The van der Waals surface area contributed by atoms with Crippen molar-refractivity contribution in [2.24, 2.45) is 16.1 Å². The first-order chi connectivity index (χ1) is 9.51. The van der Waals surface area contributed by atoms with E-state index in [1.165, 1.54) is 0 Å². The Hall–Kier alpha value is -0.123. The fraction of sp³-hybridized carbons (Fsp3) is 0.692. The van der Waals surface area contributed by atoms with Crippen LogP contribution >= 0.6 is 0 Å². The van der Waals surface area contributed by atoms with Crippen molar-refractivity contribution in [1.29, 1.82) is 0 Å². The Bertz CT molecular complexity index is 308. The van der Waals surface area contributed by atoms with E-state index < -0.39 is 18.8 Å². The van der Waals surface area contributed by atoms with Crippen molar-refractivity contribution in [2.45, 2.75) is 45.4 Å². The molecule has 0 aliphatic carbocycles. The van der Waals surface area contributed by atoms with Crippen LogP contribution in [0.3, 0.4) is 0 Å². The molecule has 0 bridgehead atoms. The predicted octanol–water partition coefficient (Wildman–Crippen LogP) is 3.38. The summed E-state index contributed by atoms with van der Waals surface area (Å²) in [4.78, 5) is 5.13. The fourth-order valence-corrected chi connectivity index (χ4v) is 1.23. The van der Waals surface area contributed by atoms with E-state index in [0.29, 0.717) is 12.5 Å². The first kappa shape index (κ1) is 39.1. The number of aliphatic hydroxyl groups excluding tert-OH is 3. The molecule has 140 valence electrons. The summed E-state index contributed by atoms with van der Waals surface area (Å²) < 4.78 is 0. The zero-order chi connectivity index (χ0) is 16.0. The number of hydrogen-bond acceptors (Lipinski definition) is 5. The largest absolute Gasteiger partial charge is 2.00 e. The minimum Gasteiger partial charge on any atom is -0.563 e. The van der Waals surface area contributed by atoms with E-state index in [1.54, 1.807) is 0 Å². The molecule has 0 rings (SSSR count). The fourth-order valence-electron chi connectivity index (χ4n) is 1.23. The second kappa shape index (κ2) is 27.7. The summed E-state index contributed by atoms with van der Waals surface area (Å²) in [6.07, 6.45) is 1.67. The van der Waals surface area contributed by atoms with E-state index in [1.807, 2.05) is 13.8 Å². The molecule has 0 radical (unpaired) electrons. The molecule has 4 atom stereocenters. The van der Waals surface area contributed by atoms with Crippen molar-refractivity contribution in [1.82, 2.24) is 0 Å². The van der Waals surface area contributed by atoms with Crippen molar-refractivity contribution in [3.8, 4) is 0 Å². The van der Waals surface area contributed by atoms with Gasteiger partial charge in [0.05, 0.1) is 12.6 Å². The maximum atomic E-state index is 8.72. The van der Waals surface area contributed by atoms with Gasteiger partial charge in [-0.1, -0.05) is 24.1 Å². The van der Waals surface area contributed by atoms with E-state index in [0.717, 1.165) is 6.42 Å². The number of nitrogens with zero attached hydrogens (tertiary/aromatic N) is 6. The number of azide groups is 2. The number of aliphatic hydroxyl groups is 3. The molecule has 0 aromatic carbocycles. The van der Waals surface area contributed by atoms with Crippen LogP contribution in [0.4, 0.5) is 0 Å². The van der Waals surface area contributed by atoms with Gasteiger partial charge in [-0.2, -0.15) is 19.4 Å². The van der Waals surface area contributed by atoms with Crippen molar-refractivity contribution >= 4 is 0 Å². The molecule has 0 amide bonds. The Morgan fingerprint density at radius 1 is 1.08 bits per heavy atom. The first-order valence-corrected chi connectivity index (χ1v) is 6.16. The van der Waals surface area contributed by atoms with E-state index in [-0.39, 0.29) is 63.0 Å². The SMILES string of the molecule is C[CH-][C@@H](C)C(CC)N=[N+]=[N-].[CH3-].[CH3-].[N-]=[N+]=NC(CO)C(O)[CH-]O.[W+2].[W+2]. The maximum absolute atomic E-state index is 8.72. The average Bonchev–Trinajstić information content (AvgIpc) is 2.49. The summed E-state index contributed by atoms with van der Waals surface area (Å²) in [5, 5.41) is 32.0. The molecule has 0 saturated carbocycles. The molecule has 0 fully saturated rings. The van der Waals surface area contributed by atoms with Crippen molar-refractivity contribution in [3.63, 3.8) is 0 Å². The molecule has 0 aliphatic rings. The van der Waals surface area contributed by atoms with Gasteiger partial charge in [-0.15, -0.1) is 0 Å². The summed E-state index contributed by atoms with van der Waals surface area (Å²) in [7, 11) is 0. The van der Waals surface area contributed by atoms with Crippen molar-refractivity contribution in [2.75, 3.05) is 6.61 Å². The Balaban J connectivity index is -0.0000000579. The van der Waals surface area contributed by atoms with Crippen LogP contribution in [-0.4, -0.2) is 40.1 Å². The second-order valence-corrected chi connectivity index (χ2v) is 3.97. The van der Waals surface area contributed by atoms with Crippen molar-refractivity contribution < 1.29 is 57.5 Å². The van der Waals surface area contributed by atoms with Crippen LogP contribution in [0.5, 0.6) is 0 Å². The van der Waals surface area contributed by atoms with Gasteiger partial charge in [-0.05, 0) is 23.6 Å². The van der Waals surface area contributed by atoms with Gasteiger partial charge in [0.25, 0.3) is 0 Å². The molecular formula is C13H28N6O3W2. The zero-order valence-corrected chi connectivity index (χ0v) is 20.6. The minimum atomic E-state index is -1.30. The van der Waals surface area contributed by atoms with E-state index in [4.69, 9.17) is 26.4 Å². The van der Waals surface area contributed by atoms with Gasteiger partial charge in [0.1, 0.15) is 0 Å². The second-order valence-electron chi connectivity index (χ2n) is 3.97. The quantitative estimate of drug-likeness (QED) is 0.155. The van der Waals surface area contributed by atoms with Crippen LogP contribution in [0.25, 0.3) is 20.9 Å². The molecule has 9 nitrogen and oxygen atoms in total. The van der Waals surface area contributed by atoms with Gasteiger partial charge in [-0.25, -0.2) is 0 Å². The van der Waals surface area contributed by atoms with Gasteiger partial charge in [0, 0.05) is 15.9 Å². The Morgan fingerprint density at radius 2 is 1.50 bits per heavy atom. The van der Waals surface area contributed by atoms with E-state index in [9.17, 15) is 0 Å². The molecule has 3 N–H and O–H groups in total. The van der Waals surface area contributed by atoms with Crippen LogP contribution in [0.1, 0.15) is 27.2 Å². The summed E-state index contributed by atoms with van der Waals surface area (Å²) in [6.45, 7) is 6.03.